The highest BCUT2D eigenvalue weighted by Gasteiger charge is 2.16. The summed E-state index contributed by atoms with van der Waals surface area (Å²) in [5, 5.41) is 0. The van der Waals surface area contributed by atoms with Gasteiger partial charge in [-0.2, -0.15) is 0 Å². The smallest absolute Gasteiger partial charge is 0.155 e. The Labute approximate surface area is 83.2 Å². The van der Waals surface area contributed by atoms with E-state index in [1.165, 1.54) is 12.5 Å². The van der Waals surface area contributed by atoms with Crippen molar-refractivity contribution in [1.82, 2.24) is 0 Å². The predicted octanol–water partition coefficient (Wildman–Crippen LogP) is 2.36. The fourth-order valence-corrected chi connectivity index (χ4v) is 1.57. The van der Waals surface area contributed by atoms with E-state index in [1.807, 2.05) is 36.4 Å². The van der Waals surface area contributed by atoms with Crippen molar-refractivity contribution in [2.75, 3.05) is 6.61 Å². The average molecular weight is 188 g/mol. The van der Waals surface area contributed by atoms with Crippen LogP contribution in [0.25, 0.3) is 6.08 Å². The molecule has 0 N–H and O–H groups in total. The number of carbonyl (C=O) groups excluding carboxylic acids is 1. The molecular weight excluding hydrogens is 176 g/mol. The second-order valence-corrected chi connectivity index (χ2v) is 3.42. The van der Waals surface area contributed by atoms with Gasteiger partial charge in [0.05, 0.1) is 0 Å². The molecule has 0 amide bonds. The third kappa shape index (κ3) is 1.75. The normalized spacial score (nSPS) is 18.2. The molecule has 2 nitrogen and oxygen atoms in total. The Hall–Kier alpha value is -1.41. The van der Waals surface area contributed by atoms with Crippen LogP contribution in [0.15, 0.2) is 30.3 Å². The summed E-state index contributed by atoms with van der Waals surface area (Å²) in [5.41, 5.74) is 2.33. The van der Waals surface area contributed by atoms with E-state index in [0.29, 0.717) is 0 Å². The first-order valence-corrected chi connectivity index (χ1v) is 4.65. The molecule has 0 bridgehead atoms. The lowest BCUT2D eigenvalue weighted by Gasteiger charge is -2.10. The van der Waals surface area contributed by atoms with Gasteiger partial charge in [0, 0.05) is 0 Å². The third-order valence-corrected chi connectivity index (χ3v) is 2.22. The minimum absolute atomic E-state index is 0.0462. The van der Waals surface area contributed by atoms with Crippen LogP contribution in [0.1, 0.15) is 24.2 Å². The summed E-state index contributed by atoms with van der Waals surface area (Å²) in [6.45, 7) is 1.72. The summed E-state index contributed by atoms with van der Waals surface area (Å²) in [7, 11) is 0. The van der Waals surface area contributed by atoms with Crippen LogP contribution in [0.5, 0.6) is 0 Å². The van der Waals surface area contributed by atoms with E-state index in [0.717, 1.165) is 5.56 Å². The second kappa shape index (κ2) is 3.76. The second-order valence-electron chi connectivity index (χ2n) is 3.42. The summed E-state index contributed by atoms with van der Waals surface area (Å²) in [6, 6.07) is 8.05. The molecular formula is C12H12O2. The standard InChI is InChI=1S/C12H12O2/c1-9(13)8-14-12-7-6-10-4-2-3-5-11(10)12/h2-7,12H,8H2,1H3. The number of fused-ring (bicyclic) bond motifs is 1. The molecule has 1 aromatic carbocycles. The van der Waals surface area contributed by atoms with Crippen LogP contribution in [0.4, 0.5) is 0 Å². The van der Waals surface area contributed by atoms with Crippen molar-refractivity contribution >= 4 is 11.9 Å². The molecule has 0 aromatic heterocycles. The highest BCUT2D eigenvalue weighted by Crippen LogP contribution is 2.30. The number of hydrogen-bond acceptors (Lipinski definition) is 2. The molecule has 1 atom stereocenters. The van der Waals surface area contributed by atoms with Gasteiger partial charge in [0.2, 0.25) is 0 Å². The van der Waals surface area contributed by atoms with E-state index >= 15 is 0 Å². The van der Waals surface area contributed by atoms with Crippen molar-refractivity contribution in [3.05, 3.63) is 41.5 Å². The van der Waals surface area contributed by atoms with Crippen molar-refractivity contribution < 1.29 is 9.53 Å². The number of ether oxygens (including phenoxy) is 1. The van der Waals surface area contributed by atoms with Crippen molar-refractivity contribution in [2.24, 2.45) is 0 Å². The first-order valence-electron chi connectivity index (χ1n) is 4.65. The zero-order chi connectivity index (χ0) is 9.97. The molecule has 0 radical (unpaired) electrons. The molecule has 0 heterocycles. The van der Waals surface area contributed by atoms with E-state index in [2.05, 4.69) is 0 Å². The zero-order valence-corrected chi connectivity index (χ0v) is 8.07. The fourth-order valence-electron chi connectivity index (χ4n) is 1.57. The van der Waals surface area contributed by atoms with Crippen LogP contribution < -0.4 is 0 Å². The Morgan fingerprint density at radius 2 is 2.21 bits per heavy atom. The Balaban J connectivity index is 2.11. The number of Topliss-reactive ketones (excluding diaryl/α,β-unsaturated/α-hetero) is 1. The maximum Gasteiger partial charge on any atom is 0.155 e. The van der Waals surface area contributed by atoms with Gasteiger partial charge < -0.3 is 4.74 Å². The van der Waals surface area contributed by atoms with Gasteiger partial charge in [-0.25, -0.2) is 0 Å². The molecule has 0 saturated heterocycles. The molecule has 2 heteroatoms. The van der Waals surface area contributed by atoms with Crippen molar-refractivity contribution in [3.8, 4) is 0 Å². The van der Waals surface area contributed by atoms with Crippen LogP contribution in [-0.2, 0) is 9.53 Å². The maximum absolute atomic E-state index is 10.8. The molecule has 72 valence electrons. The molecule has 2 rings (SSSR count). The largest absolute Gasteiger partial charge is 0.362 e. The fraction of sp³-hybridized carbons (Fsp3) is 0.250. The Morgan fingerprint density at radius 3 is 3.00 bits per heavy atom. The number of hydrogen-bond donors (Lipinski definition) is 0. The van der Waals surface area contributed by atoms with Crippen molar-refractivity contribution in [1.29, 1.82) is 0 Å². The van der Waals surface area contributed by atoms with E-state index in [9.17, 15) is 4.79 Å². The minimum Gasteiger partial charge on any atom is -0.362 e. The number of benzene rings is 1. The lowest BCUT2D eigenvalue weighted by atomic mass is 10.1. The molecule has 0 saturated carbocycles. The third-order valence-electron chi connectivity index (χ3n) is 2.22. The van der Waals surface area contributed by atoms with Gasteiger partial charge in [0.25, 0.3) is 0 Å². The molecule has 0 aliphatic heterocycles. The van der Waals surface area contributed by atoms with E-state index < -0.39 is 0 Å². The summed E-state index contributed by atoms with van der Waals surface area (Å²) in [4.78, 5) is 10.8. The predicted molar refractivity (Wildman–Crippen MR) is 54.9 cm³/mol. The van der Waals surface area contributed by atoms with Crippen molar-refractivity contribution in [2.45, 2.75) is 13.0 Å². The Kier molecular flexibility index (Phi) is 2.46. The zero-order valence-electron chi connectivity index (χ0n) is 8.07. The van der Waals surface area contributed by atoms with Crippen LogP contribution in [0.2, 0.25) is 0 Å². The van der Waals surface area contributed by atoms with Crippen molar-refractivity contribution in [3.63, 3.8) is 0 Å². The summed E-state index contributed by atoms with van der Waals surface area (Å²) >= 11 is 0. The lowest BCUT2D eigenvalue weighted by molar-refractivity contribution is -0.122. The quantitative estimate of drug-likeness (QED) is 0.727. The van der Waals surface area contributed by atoms with E-state index in [1.54, 1.807) is 0 Å². The molecule has 14 heavy (non-hydrogen) atoms. The van der Waals surface area contributed by atoms with Gasteiger partial charge in [0.15, 0.2) is 5.78 Å². The van der Waals surface area contributed by atoms with Gasteiger partial charge in [-0.15, -0.1) is 0 Å². The molecule has 0 spiro atoms. The van der Waals surface area contributed by atoms with Gasteiger partial charge in [-0.05, 0) is 18.1 Å². The van der Waals surface area contributed by atoms with Crippen LogP contribution >= 0.6 is 0 Å². The van der Waals surface area contributed by atoms with Gasteiger partial charge >= 0.3 is 0 Å². The summed E-state index contributed by atoms with van der Waals surface area (Å²) in [6.07, 6.45) is 3.96. The lowest BCUT2D eigenvalue weighted by Crippen LogP contribution is -2.07. The van der Waals surface area contributed by atoms with Crippen LogP contribution in [0, 0.1) is 0 Å². The minimum atomic E-state index is -0.0462. The molecule has 1 aliphatic rings. The first-order chi connectivity index (χ1) is 6.77. The monoisotopic (exact) mass is 188 g/mol. The number of ketones is 1. The number of rotatable bonds is 3. The molecule has 1 unspecified atom stereocenters. The highest BCUT2D eigenvalue weighted by atomic mass is 16.5. The first kappa shape index (κ1) is 9.16. The average Bonchev–Trinajstić information content (AvgIpc) is 2.58. The van der Waals surface area contributed by atoms with E-state index in [4.69, 9.17) is 4.74 Å². The molecule has 0 fully saturated rings. The van der Waals surface area contributed by atoms with Crippen LogP contribution in [0.3, 0.4) is 0 Å². The SMILES string of the molecule is CC(=O)COC1C=Cc2ccccc21. The topological polar surface area (TPSA) is 26.3 Å². The van der Waals surface area contributed by atoms with Crippen LogP contribution in [-0.4, -0.2) is 12.4 Å². The highest BCUT2D eigenvalue weighted by molar-refractivity contribution is 5.76. The molecule has 1 aliphatic carbocycles. The van der Waals surface area contributed by atoms with Gasteiger partial charge in [0.1, 0.15) is 12.7 Å². The summed E-state index contributed by atoms with van der Waals surface area (Å²) < 4.78 is 5.45. The molecule has 1 aromatic rings. The van der Waals surface area contributed by atoms with E-state index in [-0.39, 0.29) is 18.5 Å². The maximum atomic E-state index is 10.8. The Bertz CT molecular complexity index is 380. The Morgan fingerprint density at radius 1 is 1.43 bits per heavy atom. The van der Waals surface area contributed by atoms with Gasteiger partial charge in [-0.3, -0.25) is 4.79 Å². The van der Waals surface area contributed by atoms with Gasteiger partial charge in [-0.1, -0.05) is 36.4 Å². The summed E-state index contributed by atoms with van der Waals surface area (Å²) in [5.74, 6) is 0.0581. The number of carbonyl (C=O) groups is 1.